The van der Waals surface area contributed by atoms with E-state index in [-0.39, 0.29) is 16.2 Å². The first-order chi connectivity index (χ1) is 23.3. The Morgan fingerprint density at radius 3 is 1.14 bits per heavy atom. The Hall–Kier alpha value is -5.22. The van der Waals surface area contributed by atoms with E-state index in [0.717, 1.165) is 22.7 Å². The van der Waals surface area contributed by atoms with Crippen molar-refractivity contribution < 1.29 is 0 Å². The van der Waals surface area contributed by atoms with Crippen LogP contribution in [-0.2, 0) is 16.2 Å². The summed E-state index contributed by atoms with van der Waals surface area (Å²) in [4.78, 5) is 10.0. The molecular weight excluding hydrogens is 597 g/mol. The third-order valence-corrected chi connectivity index (χ3v) is 10.5. The van der Waals surface area contributed by atoms with Crippen LogP contribution < -0.4 is 0 Å². The topological polar surface area (TPSA) is 35.6 Å². The SMILES string of the molecule is CC(C)(C)c1cnc2c(c1)c1ccccc1n2-c1ccc(C(C)(C)c2ccc(-n3c4ccccc4c4cc(C(C)(C)C)cnc43)cc2)cc1. The van der Waals surface area contributed by atoms with Crippen molar-refractivity contribution in [2.45, 2.75) is 71.6 Å². The molecule has 0 atom stereocenters. The summed E-state index contributed by atoms with van der Waals surface area (Å²) in [7, 11) is 0. The Balaban J connectivity index is 1.16. The lowest BCUT2D eigenvalue weighted by Gasteiger charge is -2.27. The fourth-order valence-corrected chi connectivity index (χ4v) is 7.25. The van der Waals surface area contributed by atoms with E-state index in [4.69, 9.17) is 9.97 Å². The van der Waals surface area contributed by atoms with E-state index in [9.17, 15) is 0 Å². The maximum absolute atomic E-state index is 5.02. The average molecular weight is 641 g/mol. The van der Waals surface area contributed by atoms with Crippen LogP contribution in [0.5, 0.6) is 0 Å². The first-order valence-corrected chi connectivity index (χ1v) is 17.3. The highest BCUT2D eigenvalue weighted by molar-refractivity contribution is 6.09. The summed E-state index contributed by atoms with van der Waals surface area (Å²) in [5, 5.41) is 4.85. The van der Waals surface area contributed by atoms with Gasteiger partial charge in [0, 0.05) is 50.7 Å². The second-order valence-corrected chi connectivity index (χ2v) is 16.1. The van der Waals surface area contributed by atoms with Gasteiger partial charge in [0.05, 0.1) is 11.0 Å². The highest BCUT2D eigenvalue weighted by atomic mass is 15.1. The van der Waals surface area contributed by atoms with Gasteiger partial charge in [-0.3, -0.25) is 9.13 Å². The minimum absolute atomic E-state index is 0.0341. The number of hydrogen-bond donors (Lipinski definition) is 0. The zero-order valence-corrected chi connectivity index (χ0v) is 29.8. The Bertz CT molecular complexity index is 2330. The van der Waals surface area contributed by atoms with E-state index in [1.807, 2.05) is 12.4 Å². The van der Waals surface area contributed by atoms with Gasteiger partial charge in [0.15, 0.2) is 0 Å². The van der Waals surface area contributed by atoms with Gasteiger partial charge in [-0.05, 0) is 81.6 Å². The highest BCUT2D eigenvalue weighted by Gasteiger charge is 2.25. The Morgan fingerprint density at radius 1 is 0.408 bits per heavy atom. The van der Waals surface area contributed by atoms with E-state index in [1.165, 1.54) is 54.8 Å². The van der Waals surface area contributed by atoms with Crippen LogP contribution in [0.3, 0.4) is 0 Å². The highest BCUT2D eigenvalue weighted by Crippen LogP contribution is 2.38. The lowest BCUT2D eigenvalue weighted by Crippen LogP contribution is -2.19. The second kappa shape index (κ2) is 10.9. The number of benzene rings is 4. The summed E-state index contributed by atoms with van der Waals surface area (Å²) in [6, 6.07) is 40.0. The van der Waals surface area contributed by atoms with Crippen LogP contribution in [0.2, 0.25) is 0 Å². The van der Waals surface area contributed by atoms with Crippen molar-refractivity contribution in [2.75, 3.05) is 0 Å². The smallest absolute Gasteiger partial charge is 0.145 e. The van der Waals surface area contributed by atoms with Crippen LogP contribution in [0.1, 0.15) is 77.6 Å². The zero-order valence-electron chi connectivity index (χ0n) is 29.8. The monoisotopic (exact) mass is 640 g/mol. The fourth-order valence-electron chi connectivity index (χ4n) is 7.25. The molecule has 0 N–H and O–H groups in total. The maximum atomic E-state index is 5.02. The summed E-state index contributed by atoms with van der Waals surface area (Å²) in [5.74, 6) is 0. The summed E-state index contributed by atoms with van der Waals surface area (Å²) in [6.45, 7) is 18.1. The van der Waals surface area contributed by atoms with Crippen molar-refractivity contribution >= 4 is 43.9 Å². The van der Waals surface area contributed by atoms with Crippen LogP contribution in [-0.4, -0.2) is 19.1 Å². The number of rotatable bonds is 4. The lowest BCUT2D eigenvalue weighted by molar-refractivity contribution is 0.588. The Labute approximate surface area is 289 Å². The van der Waals surface area contributed by atoms with E-state index in [0.29, 0.717) is 0 Å². The zero-order chi connectivity index (χ0) is 34.3. The molecule has 4 heteroatoms. The van der Waals surface area contributed by atoms with Gasteiger partial charge in [0.1, 0.15) is 11.3 Å². The first kappa shape index (κ1) is 31.1. The molecule has 0 bridgehead atoms. The van der Waals surface area contributed by atoms with Crippen LogP contribution in [0, 0.1) is 0 Å². The number of pyridine rings is 2. The molecule has 0 saturated heterocycles. The van der Waals surface area contributed by atoms with Gasteiger partial charge < -0.3 is 0 Å². The molecule has 8 rings (SSSR count). The van der Waals surface area contributed by atoms with E-state index >= 15 is 0 Å². The molecule has 8 aromatic rings. The number of fused-ring (bicyclic) bond motifs is 6. The number of hydrogen-bond acceptors (Lipinski definition) is 2. The van der Waals surface area contributed by atoms with Crippen molar-refractivity contribution in [3.63, 3.8) is 0 Å². The standard InChI is InChI=1S/C45H44N4/c1-43(2,3)31-25-37-35-13-9-11-15-39(35)48(41(37)46-27-31)33-21-17-29(18-22-33)45(7,8)30-19-23-34(24-20-30)49-40-16-12-10-14-36(40)38-26-32(44(4,5)6)28-47-42(38)49/h9-28H,1-8H3. The molecule has 0 spiro atoms. The number of para-hydroxylation sites is 2. The van der Waals surface area contributed by atoms with E-state index < -0.39 is 0 Å². The van der Waals surface area contributed by atoms with Gasteiger partial charge in [-0.1, -0.05) is 116 Å². The predicted molar refractivity (Wildman–Crippen MR) is 207 cm³/mol. The van der Waals surface area contributed by atoms with Gasteiger partial charge in [0.25, 0.3) is 0 Å². The van der Waals surface area contributed by atoms with Crippen molar-refractivity contribution in [1.29, 1.82) is 0 Å². The summed E-state index contributed by atoms with van der Waals surface area (Å²) < 4.78 is 4.60. The molecule has 0 aliphatic rings. The second-order valence-electron chi connectivity index (χ2n) is 16.1. The van der Waals surface area contributed by atoms with Gasteiger partial charge >= 0.3 is 0 Å². The molecule has 4 aromatic carbocycles. The van der Waals surface area contributed by atoms with E-state index in [1.54, 1.807) is 0 Å². The molecule has 244 valence electrons. The first-order valence-electron chi connectivity index (χ1n) is 17.3. The van der Waals surface area contributed by atoms with Crippen molar-refractivity contribution in [1.82, 2.24) is 19.1 Å². The molecule has 0 aliphatic carbocycles. The molecule has 4 aromatic heterocycles. The van der Waals surface area contributed by atoms with Crippen LogP contribution in [0.15, 0.2) is 122 Å². The molecular formula is C45H44N4. The molecule has 4 heterocycles. The quantitative estimate of drug-likeness (QED) is 0.192. The molecule has 0 amide bonds. The summed E-state index contributed by atoms with van der Waals surface area (Å²) >= 11 is 0. The number of nitrogens with zero attached hydrogens (tertiary/aromatic N) is 4. The third-order valence-electron chi connectivity index (χ3n) is 10.5. The fraction of sp³-hybridized carbons (Fsp3) is 0.244. The van der Waals surface area contributed by atoms with Crippen molar-refractivity contribution in [3.05, 3.63) is 144 Å². The summed E-state index contributed by atoms with van der Waals surface area (Å²) in [5.41, 5.74) is 11.5. The molecule has 0 saturated carbocycles. The third kappa shape index (κ3) is 5.04. The largest absolute Gasteiger partial charge is 0.294 e. The lowest BCUT2D eigenvalue weighted by atomic mass is 9.78. The van der Waals surface area contributed by atoms with Gasteiger partial charge in [-0.2, -0.15) is 0 Å². The minimum Gasteiger partial charge on any atom is -0.294 e. The molecule has 0 aliphatic heterocycles. The molecule has 4 nitrogen and oxygen atoms in total. The van der Waals surface area contributed by atoms with Crippen LogP contribution in [0.25, 0.3) is 55.2 Å². The summed E-state index contributed by atoms with van der Waals surface area (Å²) in [6.07, 6.45) is 4.08. The maximum Gasteiger partial charge on any atom is 0.145 e. The minimum atomic E-state index is -0.196. The molecule has 0 unspecified atom stereocenters. The van der Waals surface area contributed by atoms with Gasteiger partial charge in [-0.15, -0.1) is 0 Å². The number of aromatic nitrogens is 4. The Kier molecular flexibility index (Phi) is 6.91. The predicted octanol–water partition coefficient (Wildman–Crippen LogP) is 11.6. The van der Waals surface area contributed by atoms with Crippen molar-refractivity contribution in [3.8, 4) is 11.4 Å². The van der Waals surface area contributed by atoms with Crippen LogP contribution in [0.4, 0.5) is 0 Å². The van der Waals surface area contributed by atoms with E-state index in [2.05, 4.69) is 174 Å². The molecule has 0 radical (unpaired) electrons. The molecule has 49 heavy (non-hydrogen) atoms. The van der Waals surface area contributed by atoms with Gasteiger partial charge in [0.2, 0.25) is 0 Å². The van der Waals surface area contributed by atoms with Crippen molar-refractivity contribution in [2.24, 2.45) is 0 Å². The Morgan fingerprint density at radius 2 is 0.776 bits per heavy atom. The van der Waals surface area contributed by atoms with Gasteiger partial charge in [-0.25, -0.2) is 9.97 Å². The van der Waals surface area contributed by atoms with Crippen LogP contribution >= 0.6 is 0 Å². The normalized spacial score (nSPS) is 12.9. The average Bonchev–Trinajstić information content (AvgIpc) is 3.60. The molecule has 0 fully saturated rings.